The summed E-state index contributed by atoms with van der Waals surface area (Å²) < 4.78 is 5.82. The van der Waals surface area contributed by atoms with Crippen LogP contribution in [0.25, 0.3) is 0 Å². The summed E-state index contributed by atoms with van der Waals surface area (Å²) in [5.74, 6) is 0.652. The Bertz CT molecular complexity index is 873. The summed E-state index contributed by atoms with van der Waals surface area (Å²) >= 11 is 2.73. The minimum Gasteiger partial charge on any atom is -0.338 e. The Balaban J connectivity index is 1.49. The maximum Gasteiger partial charge on any atom is 0.237 e. The Labute approximate surface area is 159 Å². The number of nitrogens with zero attached hydrogens (tertiary/aromatic N) is 3. The molecule has 0 fully saturated rings. The predicted molar refractivity (Wildman–Crippen MR) is 104 cm³/mol. The van der Waals surface area contributed by atoms with Crippen LogP contribution in [0.3, 0.4) is 0 Å². The monoisotopic (exact) mass is 389 g/mol. The Kier molecular flexibility index (Phi) is 5.89. The summed E-state index contributed by atoms with van der Waals surface area (Å²) in [7, 11) is 0. The summed E-state index contributed by atoms with van der Waals surface area (Å²) in [5.41, 5.74) is 2.96. The average molecular weight is 390 g/mol. The van der Waals surface area contributed by atoms with Crippen LogP contribution in [-0.2, 0) is 4.79 Å². The Morgan fingerprint density at radius 2 is 2.04 bits per heavy atom. The van der Waals surface area contributed by atoms with E-state index in [0.29, 0.717) is 11.0 Å². The van der Waals surface area contributed by atoms with Crippen LogP contribution in [0.2, 0.25) is 0 Å². The van der Waals surface area contributed by atoms with Gasteiger partial charge in [-0.15, -0.1) is 10.2 Å². The van der Waals surface area contributed by atoms with E-state index in [4.69, 9.17) is 4.52 Å². The zero-order valence-electron chi connectivity index (χ0n) is 14.6. The third-order valence-electron chi connectivity index (χ3n) is 3.42. The molecule has 0 saturated carbocycles. The van der Waals surface area contributed by atoms with E-state index in [1.165, 1.54) is 28.7 Å². The summed E-state index contributed by atoms with van der Waals surface area (Å²) in [6.07, 6.45) is 0. The fraction of sp³-hybridized carbons (Fsp3) is 0.294. The molecule has 2 N–H and O–H groups in total. The van der Waals surface area contributed by atoms with E-state index in [9.17, 15) is 4.79 Å². The molecule has 136 valence electrons. The molecule has 0 unspecified atom stereocenters. The van der Waals surface area contributed by atoms with E-state index >= 15 is 0 Å². The molecule has 0 aliphatic heterocycles. The predicted octanol–water partition coefficient (Wildman–Crippen LogP) is 4.43. The van der Waals surface area contributed by atoms with Crippen LogP contribution < -0.4 is 10.6 Å². The number of benzene rings is 1. The second kappa shape index (κ2) is 8.33. The lowest BCUT2D eigenvalue weighted by molar-refractivity contribution is -0.113. The van der Waals surface area contributed by atoms with Crippen LogP contribution in [0.1, 0.15) is 31.0 Å². The number of amides is 1. The first-order valence-corrected chi connectivity index (χ1v) is 9.86. The molecule has 1 amide bonds. The van der Waals surface area contributed by atoms with E-state index in [-0.39, 0.29) is 17.6 Å². The number of nitrogens with one attached hydrogen (secondary N) is 2. The molecule has 26 heavy (non-hydrogen) atoms. The summed E-state index contributed by atoms with van der Waals surface area (Å²) in [4.78, 5) is 12.0. The molecule has 2 aromatic heterocycles. The molecule has 3 rings (SSSR count). The van der Waals surface area contributed by atoms with E-state index in [1.807, 2.05) is 45.0 Å². The van der Waals surface area contributed by atoms with Crippen molar-refractivity contribution in [1.82, 2.24) is 15.4 Å². The minimum absolute atomic E-state index is 0.176. The topological polar surface area (TPSA) is 92.9 Å². The molecular weight excluding hydrogens is 370 g/mol. The number of carbonyl (C=O) groups excluding carboxylic acids is 1. The second-order valence-electron chi connectivity index (χ2n) is 5.97. The third-order valence-corrected chi connectivity index (χ3v) is 5.39. The lowest BCUT2D eigenvalue weighted by atomic mass is 10.1. The van der Waals surface area contributed by atoms with E-state index in [1.54, 1.807) is 6.07 Å². The maximum absolute atomic E-state index is 12.0. The lowest BCUT2D eigenvalue weighted by Crippen LogP contribution is -2.13. The summed E-state index contributed by atoms with van der Waals surface area (Å²) in [5, 5.41) is 18.7. The maximum atomic E-state index is 12.0. The van der Waals surface area contributed by atoms with Gasteiger partial charge in [-0.2, -0.15) is 0 Å². The number of rotatable bonds is 7. The Morgan fingerprint density at radius 3 is 2.73 bits per heavy atom. The van der Waals surface area contributed by atoms with Crippen LogP contribution in [0.4, 0.5) is 16.7 Å². The molecule has 3 aromatic rings. The van der Waals surface area contributed by atoms with E-state index in [0.717, 1.165) is 15.7 Å². The number of hydrogen-bond donors (Lipinski definition) is 2. The number of aryl methyl sites for hydroxylation is 1. The third kappa shape index (κ3) is 5.06. The van der Waals surface area contributed by atoms with Crippen molar-refractivity contribution in [2.75, 3.05) is 16.4 Å². The van der Waals surface area contributed by atoms with Gasteiger partial charge in [0.1, 0.15) is 0 Å². The molecular formula is C17H19N5O2S2. The molecule has 2 heterocycles. The number of carbonyl (C=O) groups is 1. The lowest BCUT2D eigenvalue weighted by Gasteiger charge is -2.01. The van der Waals surface area contributed by atoms with Gasteiger partial charge in [-0.25, -0.2) is 0 Å². The van der Waals surface area contributed by atoms with Crippen molar-refractivity contribution in [3.05, 3.63) is 41.6 Å². The zero-order valence-corrected chi connectivity index (χ0v) is 16.3. The van der Waals surface area contributed by atoms with E-state index < -0.39 is 0 Å². The van der Waals surface area contributed by atoms with Crippen LogP contribution >= 0.6 is 23.1 Å². The van der Waals surface area contributed by atoms with Crippen LogP contribution in [0.15, 0.2) is 39.2 Å². The molecule has 7 nitrogen and oxygen atoms in total. The van der Waals surface area contributed by atoms with Gasteiger partial charge in [-0.05, 0) is 25.0 Å². The van der Waals surface area contributed by atoms with Crippen LogP contribution in [0.5, 0.6) is 0 Å². The highest BCUT2D eigenvalue weighted by molar-refractivity contribution is 8.01. The number of hydrogen-bond acceptors (Lipinski definition) is 8. The first kappa shape index (κ1) is 18.4. The highest BCUT2D eigenvalue weighted by Crippen LogP contribution is 2.28. The molecule has 0 atom stereocenters. The first-order chi connectivity index (χ1) is 12.5. The van der Waals surface area contributed by atoms with Gasteiger partial charge in [-0.3, -0.25) is 10.1 Å². The van der Waals surface area contributed by atoms with Crippen LogP contribution in [0, 0.1) is 6.92 Å². The van der Waals surface area contributed by atoms with Gasteiger partial charge in [0.05, 0.1) is 11.4 Å². The van der Waals surface area contributed by atoms with E-state index in [2.05, 4.69) is 26.0 Å². The van der Waals surface area contributed by atoms with Crippen molar-refractivity contribution in [3.63, 3.8) is 0 Å². The van der Waals surface area contributed by atoms with Gasteiger partial charge >= 0.3 is 0 Å². The molecule has 1 aromatic carbocycles. The standard InChI is InChI=1S/C17H19N5O2S2/c1-10(2)13-8-15(24-22-13)19-14(23)9-25-17-21-20-16(26-17)18-12-6-4-11(3)5-7-12/h4-8,10H,9H2,1-3H3,(H,18,20)(H,19,23). The van der Waals surface area contributed by atoms with Gasteiger partial charge in [0, 0.05) is 11.8 Å². The van der Waals surface area contributed by atoms with Crippen molar-refractivity contribution in [3.8, 4) is 0 Å². The van der Waals surface area contributed by atoms with Crippen molar-refractivity contribution >= 4 is 45.7 Å². The normalized spacial score (nSPS) is 10.9. The fourth-order valence-electron chi connectivity index (χ4n) is 2.00. The van der Waals surface area contributed by atoms with Gasteiger partial charge in [0.2, 0.25) is 16.9 Å². The zero-order chi connectivity index (χ0) is 18.5. The summed E-state index contributed by atoms with van der Waals surface area (Å²) in [6, 6.07) is 9.76. The highest BCUT2D eigenvalue weighted by Gasteiger charge is 2.12. The second-order valence-corrected chi connectivity index (χ2v) is 8.17. The Morgan fingerprint density at radius 1 is 1.27 bits per heavy atom. The molecule has 0 spiro atoms. The van der Waals surface area contributed by atoms with Gasteiger partial charge in [-0.1, -0.05) is 59.8 Å². The van der Waals surface area contributed by atoms with Gasteiger partial charge in [0.15, 0.2) is 4.34 Å². The largest absolute Gasteiger partial charge is 0.338 e. The molecule has 0 aliphatic carbocycles. The molecule has 9 heteroatoms. The quantitative estimate of drug-likeness (QED) is 0.577. The number of thioether (sulfide) groups is 1. The SMILES string of the molecule is Cc1ccc(Nc2nnc(SCC(=O)Nc3cc(C(C)C)no3)s2)cc1. The number of aromatic nitrogens is 3. The molecule has 0 radical (unpaired) electrons. The smallest absolute Gasteiger partial charge is 0.237 e. The molecule has 0 saturated heterocycles. The van der Waals surface area contributed by atoms with Crippen molar-refractivity contribution < 1.29 is 9.32 Å². The highest BCUT2D eigenvalue weighted by atomic mass is 32.2. The molecule has 0 aliphatic rings. The molecule has 0 bridgehead atoms. The number of anilines is 3. The van der Waals surface area contributed by atoms with Gasteiger partial charge in [0.25, 0.3) is 0 Å². The Hall–Kier alpha value is -2.39. The minimum atomic E-state index is -0.176. The van der Waals surface area contributed by atoms with Gasteiger partial charge < -0.3 is 9.84 Å². The summed E-state index contributed by atoms with van der Waals surface area (Å²) in [6.45, 7) is 6.06. The van der Waals surface area contributed by atoms with Crippen molar-refractivity contribution in [1.29, 1.82) is 0 Å². The van der Waals surface area contributed by atoms with Crippen molar-refractivity contribution in [2.24, 2.45) is 0 Å². The van der Waals surface area contributed by atoms with Crippen molar-refractivity contribution in [2.45, 2.75) is 31.0 Å². The average Bonchev–Trinajstić information content (AvgIpc) is 3.25. The van der Waals surface area contributed by atoms with Crippen LogP contribution in [-0.4, -0.2) is 27.0 Å². The first-order valence-electron chi connectivity index (χ1n) is 8.06. The fourth-order valence-corrected chi connectivity index (χ4v) is 3.57.